The molecule has 1 amide bonds. The van der Waals surface area contributed by atoms with E-state index < -0.39 is 18.4 Å². The van der Waals surface area contributed by atoms with Crippen molar-refractivity contribution in [3.8, 4) is 0 Å². The van der Waals surface area contributed by atoms with Crippen LogP contribution < -0.4 is 5.32 Å². The lowest BCUT2D eigenvalue weighted by Crippen LogP contribution is -2.42. The quantitative estimate of drug-likeness (QED) is 0.592. The lowest BCUT2D eigenvalue weighted by Gasteiger charge is -2.32. The van der Waals surface area contributed by atoms with Crippen molar-refractivity contribution in [3.05, 3.63) is 24.2 Å². The van der Waals surface area contributed by atoms with Crippen LogP contribution in [0.1, 0.15) is 13.3 Å². The third-order valence-electron chi connectivity index (χ3n) is 2.95. The fraction of sp³-hybridized carbons (Fsp3) is 0.545. The van der Waals surface area contributed by atoms with Gasteiger partial charge in [-0.3, -0.25) is 4.79 Å². The summed E-state index contributed by atoms with van der Waals surface area (Å²) in [7, 11) is 0. The van der Waals surface area contributed by atoms with Crippen molar-refractivity contribution < 1.29 is 19.7 Å². The SMILES string of the molecule is C=C1NC(=O)C(C)=CN1[C@H]1CC(O)[C@@H](CO)O1. The Kier molecular flexibility index (Phi) is 3.19. The van der Waals surface area contributed by atoms with E-state index in [1.54, 1.807) is 18.0 Å². The van der Waals surface area contributed by atoms with Gasteiger partial charge in [-0.2, -0.15) is 0 Å². The number of ether oxygens (including phenoxy) is 1. The Morgan fingerprint density at radius 1 is 1.71 bits per heavy atom. The Labute approximate surface area is 99.2 Å². The van der Waals surface area contributed by atoms with Crippen molar-refractivity contribution in [2.75, 3.05) is 6.61 Å². The monoisotopic (exact) mass is 240 g/mol. The summed E-state index contributed by atoms with van der Waals surface area (Å²) < 4.78 is 5.49. The van der Waals surface area contributed by atoms with Gasteiger partial charge in [0.25, 0.3) is 5.91 Å². The number of hydrogen-bond donors (Lipinski definition) is 3. The molecule has 0 aliphatic carbocycles. The Balaban J connectivity index is 2.13. The van der Waals surface area contributed by atoms with Crippen LogP contribution in [0, 0.1) is 0 Å². The van der Waals surface area contributed by atoms with Crippen molar-refractivity contribution in [3.63, 3.8) is 0 Å². The molecule has 0 saturated carbocycles. The minimum atomic E-state index is -0.705. The first-order valence-corrected chi connectivity index (χ1v) is 5.44. The van der Waals surface area contributed by atoms with Gasteiger partial charge < -0.3 is 25.2 Å². The van der Waals surface area contributed by atoms with Crippen LogP contribution in [0.25, 0.3) is 0 Å². The third kappa shape index (κ3) is 2.19. The maximum Gasteiger partial charge on any atom is 0.253 e. The number of aliphatic hydroxyl groups is 2. The summed E-state index contributed by atoms with van der Waals surface area (Å²) in [5.41, 5.74) is 0.544. The molecule has 1 fully saturated rings. The van der Waals surface area contributed by atoms with Gasteiger partial charge in [0.05, 0.1) is 12.7 Å². The van der Waals surface area contributed by atoms with Crippen LogP contribution in [0.2, 0.25) is 0 Å². The molecule has 0 aromatic heterocycles. The van der Waals surface area contributed by atoms with Crippen LogP contribution in [-0.4, -0.2) is 46.1 Å². The van der Waals surface area contributed by atoms with E-state index in [4.69, 9.17) is 9.84 Å². The average molecular weight is 240 g/mol. The Bertz CT molecular complexity index is 380. The van der Waals surface area contributed by atoms with Crippen LogP contribution >= 0.6 is 0 Å². The van der Waals surface area contributed by atoms with Crippen molar-refractivity contribution in [1.82, 2.24) is 10.2 Å². The third-order valence-corrected chi connectivity index (χ3v) is 2.95. The number of hydrogen-bond acceptors (Lipinski definition) is 5. The Morgan fingerprint density at radius 2 is 2.41 bits per heavy atom. The average Bonchev–Trinajstić information content (AvgIpc) is 2.65. The molecule has 2 aliphatic rings. The summed E-state index contributed by atoms with van der Waals surface area (Å²) in [4.78, 5) is 13.0. The van der Waals surface area contributed by atoms with E-state index in [0.717, 1.165) is 0 Å². The topological polar surface area (TPSA) is 82.0 Å². The highest BCUT2D eigenvalue weighted by Gasteiger charge is 2.38. The largest absolute Gasteiger partial charge is 0.394 e. The van der Waals surface area contributed by atoms with Gasteiger partial charge in [-0.25, -0.2) is 0 Å². The van der Waals surface area contributed by atoms with E-state index in [2.05, 4.69) is 11.9 Å². The lowest BCUT2D eigenvalue weighted by molar-refractivity contribution is -0.118. The first-order chi connectivity index (χ1) is 8.02. The minimum absolute atomic E-state index is 0.191. The second-order valence-electron chi connectivity index (χ2n) is 4.24. The van der Waals surface area contributed by atoms with E-state index in [-0.39, 0.29) is 12.5 Å². The van der Waals surface area contributed by atoms with E-state index in [9.17, 15) is 9.90 Å². The summed E-state index contributed by atoms with van der Waals surface area (Å²) in [6, 6.07) is 0. The highest BCUT2D eigenvalue weighted by atomic mass is 16.5. The molecule has 6 heteroatoms. The van der Waals surface area contributed by atoms with Gasteiger partial charge >= 0.3 is 0 Å². The van der Waals surface area contributed by atoms with Gasteiger partial charge in [0.15, 0.2) is 0 Å². The molecular weight excluding hydrogens is 224 g/mol. The zero-order chi connectivity index (χ0) is 12.6. The molecule has 1 unspecified atom stereocenters. The van der Waals surface area contributed by atoms with E-state index in [1.165, 1.54) is 0 Å². The maximum absolute atomic E-state index is 11.4. The van der Waals surface area contributed by atoms with E-state index in [0.29, 0.717) is 17.8 Å². The number of nitrogens with zero attached hydrogens (tertiary/aromatic N) is 1. The van der Waals surface area contributed by atoms with Crippen LogP contribution in [0.4, 0.5) is 0 Å². The molecule has 1 saturated heterocycles. The predicted molar refractivity (Wildman–Crippen MR) is 59.2 cm³/mol. The number of rotatable bonds is 2. The smallest absolute Gasteiger partial charge is 0.253 e. The van der Waals surface area contributed by atoms with Crippen molar-refractivity contribution in [2.45, 2.75) is 31.8 Å². The molecule has 6 nitrogen and oxygen atoms in total. The molecular formula is C11H16N2O4. The molecule has 0 aromatic rings. The van der Waals surface area contributed by atoms with Crippen LogP contribution in [0.15, 0.2) is 24.2 Å². The second kappa shape index (κ2) is 4.48. The highest BCUT2D eigenvalue weighted by molar-refractivity contribution is 5.94. The predicted octanol–water partition coefficient (Wildman–Crippen LogP) is -0.739. The molecule has 3 N–H and O–H groups in total. The summed E-state index contributed by atoms with van der Waals surface area (Å²) >= 11 is 0. The fourth-order valence-electron chi connectivity index (χ4n) is 1.95. The molecule has 0 radical (unpaired) electrons. The first kappa shape index (κ1) is 12.1. The van der Waals surface area contributed by atoms with Gasteiger partial charge in [-0.05, 0) is 6.92 Å². The molecule has 2 rings (SSSR count). The zero-order valence-corrected chi connectivity index (χ0v) is 9.59. The lowest BCUT2D eigenvalue weighted by atomic mass is 10.1. The summed E-state index contributed by atoms with van der Waals surface area (Å²) in [5.74, 6) is 0.222. The van der Waals surface area contributed by atoms with Crippen LogP contribution in [0.5, 0.6) is 0 Å². The van der Waals surface area contributed by atoms with E-state index in [1.807, 2.05) is 0 Å². The molecule has 2 heterocycles. The van der Waals surface area contributed by atoms with Crippen LogP contribution in [-0.2, 0) is 9.53 Å². The molecule has 2 aliphatic heterocycles. The molecule has 94 valence electrons. The normalized spacial score (nSPS) is 33.7. The highest BCUT2D eigenvalue weighted by Crippen LogP contribution is 2.27. The molecule has 0 spiro atoms. The second-order valence-corrected chi connectivity index (χ2v) is 4.24. The van der Waals surface area contributed by atoms with Crippen LogP contribution in [0.3, 0.4) is 0 Å². The number of carbonyl (C=O) groups is 1. The van der Waals surface area contributed by atoms with Gasteiger partial charge in [-0.15, -0.1) is 0 Å². The fourth-order valence-corrected chi connectivity index (χ4v) is 1.95. The summed E-state index contributed by atoms with van der Waals surface area (Å²) in [6.07, 6.45) is 0.302. The van der Waals surface area contributed by atoms with E-state index >= 15 is 0 Å². The number of carbonyl (C=O) groups excluding carboxylic acids is 1. The zero-order valence-electron chi connectivity index (χ0n) is 9.59. The molecule has 3 atom stereocenters. The number of aliphatic hydroxyl groups excluding tert-OH is 2. The summed E-state index contributed by atoms with van der Waals surface area (Å²) in [6.45, 7) is 5.18. The first-order valence-electron chi connectivity index (χ1n) is 5.44. The van der Waals surface area contributed by atoms with Crippen molar-refractivity contribution >= 4 is 5.91 Å². The minimum Gasteiger partial charge on any atom is -0.394 e. The van der Waals surface area contributed by atoms with Crippen molar-refractivity contribution in [1.29, 1.82) is 0 Å². The number of nitrogens with one attached hydrogen (secondary N) is 1. The standard InChI is InChI=1S/C11H16N2O4/c1-6-4-13(7(2)12-11(6)16)10-3-8(15)9(5-14)17-10/h4,8-10,14-15H,2-3,5H2,1H3,(H,12,16)/t8?,9-,10-/m1/s1. The van der Waals surface area contributed by atoms with Gasteiger partial charge in [-0.1, -0.05) is 6.58 Å². The molecule has 0 aromatic carbocycles. The van der Waals surface area contributed by atoms with Crippen molar-refractivity contribution in [2.24, 2.45) is 0 Å². The van der Waals surface area contributed by atoms with Gasteiger partial charge in [0.2, 0.25) is 0 Å². The Morgan fingerprint density at radius 3 is 3.00 bits per heavy atom. The van der Waals surface area contributed by atoms with Gasteiger partial charge in [0, 0.05) is 18.2 Å². The molecule has 17 heavy (non-hydrogen) atoms. The summed E-state index contributed by atoms with van der Waals surface area (Å²) in [5, 5.41) is 21.2. The maximum atomic E-state index is 11.4. The number of amides is 1. The van der Waals surface area contributed by atoms with Gasteiger partial charge in [0.1, 0.15) is 18.2 Å². The molecule has 0 bridgehead atoms. The Hall–Kier alpha value is -1.37.